The number of rotatable bonds is 4. The van der Waals surface area contributed by atoms with E-state index in [-0.39, 0.29) is 6.04 Å². The number of benzene rings is 2. The lowest BCUT2D eigenvalue weighted by atomic mass is 9.96. The van der Waals surface area contributed by atoms with Crippen LogP contribution in [-0.4, -0.2) is 7.05 Å². The minimum atomic E-state index is 0.182. The molecule has 1 nitrogen and oxygen atoms in total. The van der Waals surface area contributed by atoms with Crippen molar-refractivity contribution in [3.63, 3.8) is 0 Å². The zero-order valence-electron chi connectivity index (χ0n) is 12.0. The van der Waals surface area contributed by atoms with Crippen molar-refractivity contribution < 1.29 is 0 Å². The largest absolute Gasteiger partial charge is 0.313 e. The molecule has 0 aliphatic rings. The summed E-state index contributed by atoms with van der Waals surface area (Å²) in [5.74, 6) is 0. The third kappa shape index (κ3) is 3.54. The third-order valence-electron chi connectivity index (χ3n) is 3.70. The van der Waals surface area contributed by atoms with Gasteiger partial charge in [0.2, 0.25) is 0 Å². The highest BCUT2D eigenvalue weighted by Crippen LogP contribution is 2.28. The summed E-state index contributed by atoms with van der Waals surface area (Å²) in [6, 6.07) is 12.4. The molecule has 0 radical (unpaired) electrons. The molecule has 0 saturated carbocycles. The average molecular weight is 308 g/mol. The van der Waals surface area contributed by atoms with Gasteiger partial charge in [-0.2, -0.15) is 0 Å². The minimum absolute atomic E-state index is 0.182. The van der Waals surface area contributed by atoms with Crippen molar-refractivity contribution in [1.29, 1.82) is 0 Å². The summed E-state index contributed by atoms with van der Waals surface area (Å²) in [7, 11) is 1.96. The van der Waals surface area contributed by atoms with Gasteiger partial charge in [0.05, 0.1) is 0 Å². The van der Waals surface area contributed by atoms with Crippen molar-refractivity contribution in [3.8, 4) is 0 Å². The Kier molecular flexibility index (Phi) is 5.09. The summed E-state index contributed by atoms with van der Waals surface area (Å²) in [5.41, 5.74) is 5.02. The van der Waals surface area contributed by atoms with Gasteiger partial charge in [0.15, 0.2) is 0 Å². The summed E-state index contributed by atoms with van der Waals surface area (Å²) in [4.78, 5) is 0. The fourth-order valence-corrected chi connectivity index (χ4v) is 2.86. The Morgan fingerprint density at radius 1 is 1.00 bits per heavy atom. The molecule has 0 heterocycles. The average Bonchev–Trinajstić information content (AvgIpc) is 2.41. The topological polar surface area (TPSA) is 12.0 Å². The quantitative estimate of drug-likeness (QED) is 0.827. The Morgan fingerprint density at radius 3 is 2.35 bits per heavy atom. The molecule has 0 aliphatic carbocycles. The van der Waals surface area contributed by atoms with Crippen molar-refractivity contribution in [2.24, 2.45) is 0 Å². The van der Waals surface area contributed by atoms with Gasteiger partial charge in [-0.3, -0.25) is 0 Å². The van der Waals surface area contributed by atoms with Crippen LogP contribution in [0.2, 0.25) is 10.0 Å². The molecule has 0 fully saturated rings. The van der Waals surface area contributed by atoms with Crippen molar-refractivity contribution in [3.05, 3.63) is 68.7 Å². The Morgan fingerprint density at radius 2 is 1.75 bits per heavy atom. The Hall–Kier alpha value is -1.02. The smallest absolute Gasteiger partial charge is 0.0468 e. The highest BCUT2D eigenvalue weighted by Gasteiger charge is 2.14. The summed E-state index contributed by atoms with van der Waals surface area (Å²) in [5, 5.41) is 4.71. The van der Waals surface area contributed by atoms with Gasteiger partial charge in [-0.15, -0.1) is 0 Å². The molecule has 1 unspecified atom stereocenters. The van der Waals surface area contributed by atoms with Gasteiger partial charge >= 0.3 is 0 Å². The number of nitrogens with one attached hydrogen (secondary N) is 1. The van der Waals surface area contributed by atoms with E-state index < -0.39 is 0 Å². The maximum Gasteiger partial charge on any atom is 0.0468 e. The molecule has 2 aromatic rings. The van der Waals surface area contributed by atoms with E-state index in [1.807, 2.05) is 19.2 Å². The lowest BCUT2D eigenvalue weighted by molar-refractivity contribution is 0.592. The van der Waals surface area contributed by atoms with E-state index in [9.17, 15) is 0 Å². The standard InChI is InChI=1S/C17H19Cl2N/c1-11-4-5-13(8-12(11)2)9-17(20-3)15-7-6-14(18)10-16(15)19/h4-8,10,17,20H,9H2,1-3H3. The van der Waals surface area contributed by atoms with Crippen LogP contribution in [0.5, 0.6) is 0 Å². The fourth-order valence-electron chi connectivity index (χ4n) is 2.32. The van der Waals surface area contributed by atoms with E-state index in [4.69, 9.17) is 23.2 Å². The van der Waals surface area contributed by atoms with Crippen LogP contribution in [0.1, 0.15) is 28.3 Å². The molecule has 0 bridgehead atoms. The first kappa shape index (κ1) is 15.4. The zero-order chi connectivity index (χ0) is 14.7. The third-order valence-corrected chi connectivity index (χ3v) is 4.26. The van der Waals surface area contributed by atoms with Crippen LogP contribution in [0.25, 0.3) is 0 Å². The molecule has 1 atom stereocenters. The number of aryl methyl sites for hydroxylation is 2. The van der Waals surface area contributed by atoms with E-state index in [0.717, 1.165) is 12.0 Å². The molecule has 0 spiro atoms. The van der Waals surface area contributed by atoms with Crippen LogP contribution in [0.15, 0.2) is 36.4 Å². The lowest BCUT2D eigenvalue weighted by Crippen LogP contribution is -2.19. The first-order valence-corrected chi connectivity index (χ1v) is 7.45. The van der Waals surface area contributed by atoms with Crippen LogP contribution >= 0.6 is 23.2 Å². The van der Waals surface area contributed by atoms with E-state index in [0.29, 0.717) is 10.0 Å². The first-order chi connectivity index (χ1) is 9.51. The highest BCUT2D eigenvalue weighted by molar-refractivity contribution is 6.35. The number of hydrogen-bond acceptors (Lipinski definition) is 1. The minimum Gasteiger partial charge on any atom is -0.313 e. The highest BCUT2D eigenvalue weighted by atomic mass is 35.5. The predicted octanol–water partition coefficient (Wildman–Crippen LogP) is 5.11. The van der Waals surface area contributed by atoms with Gasteiger partial charge in [0.25, 0.3) is 0 Å². The van der Waals surface area contributed by atoms with Gasteiger partial charge in [-0.1, -0.05) is 47.5 Å². The Balaban J connectivity index is 2.26. The van der Waals surface area contributed by atoms with Gasteiger partial charge in [-0.25, -0.2) is 0 Å². The fraction of sp³-hybridized carbons (Fsp3) is 0.294. The molecule has 3 heteroatoms. The molecule has 0 saturated heterocycles. The first-order valence-electron chi connectivity index (χ1n) is 6.69. The zero-order valence-corrected chi connectivity index (χ0v) is 13.5. The second-order valence-electron chi connectivity index (χ2n) is 5.13. The molecule has 2 aromatic carbocycles. The number of likely N-dealkylation sites (N-methyl/N-ethyl adjacent to an activating group) is 1. The van der Waals surface area contributed by atoms with E-state index >= 15 is 0 Å². The van der Waals surface area contributed by atoms with Crippen LogP contribution in [0.3, 0.4) is 0 Å². The maximum absolute atomic E-state index is 6.30. The molecule has 106 valence electrons. The summed E-state index contributed by atoms with van der Waals surface area (Å²) < 4.78 is 0. The van der Waals surface area contributed by atoms with Crippen LogP contribution in [0.4, 0.5) is 0 Å². The number of hydrogen-bond donors (Lipinski definition) is 1. The predicted molar refractivity (Wildman–Crippen MR) is 87.9 cm³/mol. The number of halogens is 2. The summed E-state index contributed by atoms with van der Waals surface area (Å²) in [6.07, 6.45) is 0.902. The second-order valence-corrected chi connectivity index (χ2v) is 5.97. The molecule has 20 heavy (non-hydrogen) atoms. The Bertz CT molecular complexity index is 608. The normalized spacial score (nSPS) is 12.4. The van der Waals surface area contributed by atoms with Crippen LogP contribution in [-0.2, 0) is 6.42 Å². The maximum atomic E-state index is 6.30. The molecular formula is C17H19Cl2N. The lowest BCUT2D eigenvalue weighted by Gasteiger charge is -2.19. The Labute approximate surface area is 130 Å². The van der Waals surface area contributed by atoms with Crippen molar-refractivity contribution in [2.75, 3.05) is 7.05 Å². The van der Waals surface area contributed by atoms with Crippen molar-refractivity contribution >= 4 is 23.2 Å². The van der Waals surface area contributed by atoms with Gasteiger partial charge in [-0.05, 0) is 61.7 Å². The monoisotopic (exact) mass is 307 g/mol. The molecule has 2 rings (SSSR count). The summed E-state index contributed by atoms with van der Waals surface area (Å²) in [6.45, 7) is 4.27. The van der Waals surface area contributed by atoms with Gasteiger partial charge < -0.3 is 5.32 Å². The van der Waals surface area contributed by atoms with E-state index in [1.165, 1.54) is 16.7 Å². The molecule has 0 aromatic heterocycles. The SMILES string of the molecule is CNC(Cc1ccc(C)c(C)c1)c1ccc(Cl)cc1Cl. The van der Waals surface area contributed by atoms with E-state index in [2.05, 4.69) is 37.4 Å². The summed E-state index contributed by atoms with van der Waals surface area (Å²) >= 11 is 12.3. The van der Waals surface area contributed by atoms with Gasteiger partial charge in [0.1, 0.15) is 0 Å². The van der Waals surface area contributed by atoms with Crippen LogP contribution < -0.4 is 5.32 Å². The van der Waals surface area contributed by atoms with Crippen molar-refractivity contribution in [2.45, 2.75) is 26.3 Å². The van der Waals surface area contributed by atoms with Gasteiger partial charge in [0, 0.05) is 16.1 Å². The molecule has 0 aliphatic heterocycles. The molecular weight excluding hydrogens is 289 g/mol. The second kappa shape index (κ2) is 6.62. The van der Waals surface area contributed by atoms with E-state index in [1.54, 1.807) is 6.07 Å². The van der Waals surface area contributed by atoms with Crippen LogP contribution in [0, 0.1) is 13.8 Å². The molecule has 0 amide bonds. The molecule has 1 N–H and O–H groups in total. The van der Waals surface area contributed by atoms with Crippen molar-refractivity contribution in [1.82, 2.24) is 5.32 Å².